The Morgan fingerprint density at radius 1 is 1.24 bits per heavy atom. The van der Waals surface area contributed by atoms with E-state index in [2.05, 4.69) is 29.9 Å². The van der Waals surface area contributed by atoms with Crippen molar-refractivity contribution in [2.24, 2.45) is 17.3 Å². The van der Waals surface area contributed by atoms with Crippen LogP contribution in [0.15, 0.2) is 12.2 Å². The highest BCUT2D eigenvalue weighted by Gasteiger charge is 2.59. The normalized spacial score (nSPS) is 24.9. The first-order valence-corrected chi connectivity index (χ1v) is 5.70. The molecule has 0 bridgehead atoms. The zero-order valence-corrected chi connectivity index (χ0v) is 10.9. The topological polar surface area (TPSA) is 52.6 Å². The third-order valence-electron chi connectivity index (χ3n) is 3.76. The Morgan fingerprint density at radius 3 is 2.29 bits per heavy atom. The maximum Gasteiger partial charge on any atom is 0.333 e. The molecule has 4 nitrogen and oxygen atoms in total. The van der Waals surface area contributed by atoms with Crippen LogP contribution in [0.25, 0.3) is 0 Å². The largest absolute Gasteiger partial charge is 0.469 e. The Bertz CT molecular complexity index is 343. The molecule has 4 heteroatoms. The van der Waals surface area contributed by atoms with Gasteiger partial charge in [0.25, 0.3) is 0 Å². The summed E-state index contributed by atoms with van der Waals surface area (Å²) in [6.45, 7) is 7.94. The van der Waals surface area contributed by atoms with Crippen LogP contribution in [0.1, 0.15) is 26.7 Å². The molecule has 0 spiro atoms. The van der Waals surface area contributed by atoms with Gasteiger partial charge in [-0.05, 0) is 23.7 Å². The van der Waals surface area contributed by atoms with Gasteiger partial charge in [0, 0.05) is 12.0 Å². The Kier molecular flexibility index (Phi) is 3.96. The van der Waals surface area contributed by atoms with Crippen molar-refractivity contribution in [2.75, 3.05) is 14.2 Å². The van der Waals surface area contributed by atoms with Gasteiger partial charge in [0.15, 0.2) is 0 Å². The van der Waals surface area contributed by atoms with Crippen molar-refractivity contribution in [3.05, 3.63) is 12.2 Å². The van der Waals surface area contributed by atoms with E-state index in [-0.39, 0.29) is 23.3 Å². The van der Waals surface area contributed by atoms with Gasteiger partial charge >= 0.3 is 11.9 Å². The fourth-order valence-electron chi connectivity index (χ4n) is 2.61. The summed E-state index contributed by atoms with van der Waals surface area (Å²) < 4.78 is 9.28. The SMILES string of the molecule is C=C(C(=O)OC)C1C(CCC(=O)OC)C1(C)C. The van der Waals surface area contributed by atoms with E-state index >= 15 is 0 Å². The lowest BCUT2D eigenvalue weighted by Gasteiger charge is -2.04. The third-order valence-corrected chi connectivity index (χ3v) is 3.76. The van der Waals surface area contributed by atoms with Crippen molar-refractivity contribution in [1.29, 1.82) is 0 Å². The first-order chi connectivity index (χ1) is 7.86. The van der Waals surface area contributed by atoms with Gasteiger partial charge < -0.3 is 9.47 Å². The van der Waals surface area contributed by atoms with Crippen LogP contribution in [0.4, 0.5) is 0 Å². The minimum absolute atomic E-state index is 0.0132. The second-order valence-corrected chi connectivity index (χ2v) is 5.04. The summed E-state index contributed by atoms with van der Waals surface area (Å²) in [5.74, 6) is -0.161. The molecule has 96 valence electrons. The zero-order valence-electron chi connectivity index (χ0n) is 10.9. The van der Waals surface area contributed by atoms with E-state index in [1.807, 2.05) is 0 Å². The highest BCUT2D eigenvalue weighted by atomic mass is 16.5. The van der Waals surface area contributed by atoms with Crippen LogP contribution >= 0.6 is 0 Å². The predicted molar refractivity (Wildman–Crippen MR) is 63.2 cm³/mol. The van der Waals surface area contributed by atoms with Crippen molar-refractivity contribution in [2.45, 2.75) is 26.7 Å². The monoisotopic (exact) mass is 240 g/mol. The van der Waals surface area contributed by atoms with E-state index in [1.165, 1.54) is 14.2 Å². The third kappa shape index (κ3) is 2.68. The summed E-state index contributed by atoms with van der Waals surface area (Å²) in [4.78, 5) is 22.5. The molecule has 1 rings (SSSR count). The maximum atomic E-state index is 11.4. The molecule has 0 saturated heterocycles. The van der Waals surface area contributed by atoms with Crippen molar-refractivity contribution < 1.29 is 19.1 Å². The molecule has 2 atom stereocenters. The minimum Gasteiger partial charge on any atom is -0.469 e. The molecule has 1 aliphatic rings. The van der Waals surface area contributed by atoms with Gasteiger partial charge in [-0.3, -0.25) is 4.79 Å². The van der Waals surface area contributed by atoms with Gasteiger partial charge in [-0.15, -0.1) is 0 Å². The molecule has 0 aromatic rings. The maximum absolute atomic E-state index is 11.4. The van der Waals surface area contributed by atoms with Crippen LogP contribution in [0.3, 0.4) is 0 Å². The average Bonchev–Trinajstić information content (AvgIpc) is 2.85. The second kappa shape index (κ2) is 4.90. The first-order valence-electron chi connectivity index (χ1n) is 5.70. The van der Waals surface area contributed by atoms with Crippen LogP contribution in [0.2, 0.25) is 0 Å². The van der Waals surface area contributed by atoms with Gasteiger partial charge in [-0.25, -0.2) is 4.79 Å². The molecular formula is C13H20O4. The van der Waals surface area contributed by atoms with Crippen LogP contribution in [-0.2, 0) is 19.1 Å². The Labute approximate surface area is 102 Å². The number of carbonyl (C=O) groups excluding carboxylic acids is 2. The summed E-state index contributed by atoms with van der Waals surface area (Å²) in [7, 11) is 2.73. The summed E-state index contributed by atoms with van der Waals surface area (Å²) >= 11 is 0. The van der Waals surface area contributed by atoms with Crippen molar-refractivity contribution in [3.63, 3.8) is 0 Å². The molecule has 1 aliphatic carbocycles. The van der Waals surface area contributed by atoms with Gasteiger partial charge in [-0.2, -0.15) is 0 Å². The van der Waals surface area contributed by atoms with Crippen LogP contribution in [0, 0.1) is 17.3 Å². The predicted octanol–water partition coefficient (Wildman–Crippen LogP) is 1.94. The molecule has 0 aromatic heterocycles. The quantitative estimate of drug-likeness (QED) is 0.544. The summed E-state index contributed by atoms with van der Waals surface area (Å²) in [6.07, 6.45) is 1.11. The molecule has 2 unspecified atom stereocenters. The molecule has 0 aliphatic heterocycles. The number of esters is 2. The number of rotatable bonds is 5. The summed E-state index contributed by atoms with van der Waals surface area (Å²) in [5.41, 5.74) is 0.520. The van der Waals surface area contributed by atoms with Crippen molar-refractivity contribution >= 4 is 11.9 Å². The Morgan fingerprint density at radius 2 is 1.82 bits per heavy atom. The molecule has 1 saturated carbocycles. The van der Waals surface area contributed by atoms with Gasteiger partial charge in [0.1, 0.15) is 0 Å². The molecule has 0 radical (unpaired) electrons. The fourth-order valence-corrected chi connectivity index (χ4v) is 2.61. The van der Waals surface area contributed by atoms with E-state index in [1.54, 1.807) is 0 Å². The molecule has 17 heavy (non-hydrogen) atoms. The Balaban J connectivity index is 2.56. The first kappa shape index (κ1) is 13.7. The Hall–Kier alpha value is -1.32. The van der Waals surface area contributed by atoms with Crippen LogP contribution in [0.5, 0.6) is 0 Å². The highest BCUT2D eigenvalue weighted by molar-refractivity contribution is 5.89. The lowest BCUT2D eigenvalue weighted by molar-refractivity contribution is -0.140. The van der Waals surface area contributed by atoms with Crippen molar-refractivity contribution in [3.8, 4) is 0 Å². The lowest BCUT2D eigenvalue weighted by Crippen LogP contribution is -2.08. The van der Waals surface area contributed by atoms with E-state index < -0.39 is 0 Å². The number of carbonyl (C=O) groups is 2. The molecule has 1 fully saturated rings. The van der Waals surface area contributed by atoms with Gasteiger partial charge in [0.05, 0.1) is 14.2 Å². The molecular weight excluding hydrogens is 220 g/mol. The average molecular weight is 240 g/mol. The van der Waals surface area contributed by atoms with Crippen LogP contribution in [-0.4, -0.2) is 26.2 Å². The van der Waals surface area contributed by atoms with E-state index in [4.69, 9.17) is 0 Å². The van der Waals surface area contributed by atoms with Crippen molar-refractivity contribution in [1.82, 2.24) is 0 Å². The lowest BCUT2D eigenvalue weighted by atomic mass is 10.0. The zero-order chi connectivity index (χ0) is 13.2. The molecule has 0 aromatic carbocycles. The van der Waals surface area contributed by atoms with Gasteiger partial charge in [0.2, 0.25) is 0 Å². The fraction of sp³-hybridized carbons (Fsp3) is 0.692. The number of hydrogen-bond acceptors (Lipinski definition) is 4. The van der Waals surface area contributed by atoms with E-state index in [0.717, 1.165) is 6.42 Å². The molecule has 0 heterocycles. The van der Waals surface area contributed by atoms with E-state index in [0.29, 0.717) is 17.9 Å². The van der Waals surface area contributed by atoms with Gasteiger partial charge in [-0.1, -0.05) is 20.4 Å². The second-order valence-electron chi connectivity index (χ2n) is 5.04. The molecule has 0 N–H and O–H groups in total. The number of hydrogen-bond donors (Lipinski definition) is 0. The standard InChI is InChI=1S/C13H20O4/c1-8(12(15)17-5)11-9(13(11,2)3)6-7-10(14)16-4/h9,11H,1,6-7H2,2-5H3. The number of ether oxygens (including phenoxy) is 2. The molecule has 0 amide bonds. The van der Waals surface area contributed by atoms with Crippen LogP contribution < -0.4 is 0 Å². The summed E-state index contributed by atoms with van der Waals surface area (Å²) in [5, 5.41) is 0. The smallest absolute Gasteiger partial charge is 0.333 e. The highest BCUT2D eigenvalue weighted by Crippen LogP contribution is 2.63. The number of methoxy groups -OCH3 is 2. The minimum atomic E-state index is -0.358. The van der Waals surface area contributed by atoms with E-state index in [9.17, 15) is 9.59 Å². The summed E-state index contributed by atoms with van der Waals surface area (Å²) in [6, 6.07) is 0.